The van der Waals surface area contributed by atoms with E-state index in [-0.39, 0.29) is 48.2 Å². The van der Waals surface area contributed by atoms with Crippen LogP contribution in [0.3, 0.4) is 0 Å². The van der Waals surface area contributed by atoms with Crippen LogP contribution in [0.5, 0.6) is 5.75 Å². The van der Waals surface area contributed by atoms with Crippen LogP contribution in [0.1, 0.15) is 41.0 Å². The van der Waals surface area contributed by atoms with Crippen molar-refractivity contribution in [3.05, 3.63) is 59.4 Å². The number of alkyl halides is 3. The van der Waals surface area contributed by atoms with E-state index in [1.807, 2.05) is 6.92 Å². The summed E-state index contributed by atoms with van der Waals surface area (Å²) in [6.45, 7) is 3.74. The number of rotatable bonds is 4. The second-order valence-electron chi connectivity index (χ2n) is 9.59. The molecule has 0 bridgehead atoms. The summed E-state index contributed by atoms with van der Waals surface area (Å²) in [5.41, 5.74) is -0.00516. The summed E-state index contributed by atoms with van der Waals surface area (Å²) < 4.78 is 63.9. The van der Waals surface area contributed by atoms with Crippen molar-refractivity contribution in [2.24, 2.45) is 5.92 Å². The van der Waals surface area contributed by atoms with Crippen molar-refractivity contribution in [1.82, 2.24) is 9.80 Å². The van der Waals surface area contributed by atoms with Gasteiger partial charge in [0.15, 0.2) is 0 Å². The Morgan fingerprint density at radius 3 is 2.46 bits per heavy atom. The number of methoxy groups -OCH3 is 1. The molecule has 0 unspecified atom stereocenters. The minimum Gasteiger partial charge on any atom is -0.491 e. The largest absolute Gasteiger partial charge is 0.491 e. The van der Waals surface area contributed by atoms with Gasteiger partial charge in [-0.25, -0.2) is 4.39 Å². The van der Waals surface area contributed by atoms with Gasteiger partial charge in [0.1, 0.15) is 24.6 Å². The summed E-state index contributed by atoms with van der Waals surface area (Å²) in [6, 6.07) is 8.92. The fraction of sp³-hybridized carbons (Fsp3) is 0.444. The Kier molecular flexibility index (Phi) is 9.54. The molecule has 2 aromatic carbocycles. The van der Waals surface area contributed by atoms with E-state index in [9.17, 15) is 31.9 Å². The van der Waals surface area contributed by atoms with Crippen molar-refractivity contribution >= 4 is 23.4 Å². The third-order valence-electron chi connectivity index (χ3n) is 6.46. The van der Waals surface area contributed by atoms with Crippen LogP contribution in [0.2, 0.25) is 0 Å². The zero-order valence-electron chi connectivity index (χ0n) is 22.0. The highest BCUT2D eigenvalue weighted by Gasteiger charge is 2.33. The minimum absolute atomic E-state index is 0.000815. The highest BCUT2D eigenvalue weighted by Crippen LogP contribution is 2.28. The Bertz CT molecular complexity index is 1210. The van der Waals surface area contributed by atoms with Crippen LogP contribution >= 0.6 is 0 Å². The Labute approximate surface area is 223 Å². The molecule has 1 aliphatic rings. The first-order chi connectivity index (χ1) is 18.3. The van der Waals surface area contributed by atoms with E-state index >= 15 is 0 Å². The predicted octanol–water partition coefficient (Wildman–Crippen LogP) is 4.36. The number of carbonyl (C=O) groups excluding carboxylic acids is 3. The van der Waals surface area contributed by atoms with Gasteiger partial charge in [0.2, 0.25) is 5.91 Å². The van der Waals surface area contributed by atoms with Gasteiger partial charge in [-0.3, -0.25) is 14.4 Å². The number of anilines is 1. The number of carbonyl (C=O) groups is 3. The van der Waals surface area contributed by atoms with Gasteiger partial charge in [-0.15, -0.1) is 0 Å². The molecule has 0 saturated carbocycles. The number of likely N-dealkylation sites (N-methyl/N-ethyl adjacent to an activating group) is 1. The third kappa shape index (κ3) is 7.69. The van der Waals surface area contributed by atoms with Gasteiger partial charge in [-0.05, 0) is 31.2 Å². The van der Waals surface area contributed by atoms with Gasteiger partial charge >= 0.3 is 6.18 Å². The summed E-state index contributed by atoms with van der Waals surface area (Å²) in [5, 5.41) is 2.16. The Hall–Kier alpha value is -3.67. The average molecular weight is 554 g/mol. The molecular formula is C27H31F4N3O5. The summed E-state index contributed by atoms with van der Waals surface area (Å²) in [5.74, 6) is -3.18. The molecule has 0 fully saturated rings. The third-order valence-corrected chi connectivity index (χ3v) is 6.46. The van der Waals surface area contributed by atoms with E-state index < -0.39 is 48.3 Å². The molecule has 1 aliphatic heterocycles. The van der Waals surface area contributed by atoms with Crippen LogP contribution in [-0.4, -0.2) is 79.7 Å². The molecule has 1 heterocycles. The number of ether oxygens (including phenoxy) is 2. The Balaban J connectivity index is 1.98. The molecule has 3 atom stereocenters. The van der Waals surface area contributed by atoms with Gasteiger partial charge in [0, 0.05) is 44.9 Å². The van der Waals surface area contributed by atoms with E-state index in [4.69, 9.17) is 9.47 Å². The fourth-order valence-electron chi connectivity index (χ4n) is 4.31. The zero-order chi connectivity index (χ0) is 28.9. The molecule has 3 rings (SSSR count). The van der Waals surface area contributed by atoms with Gasteiger partial charge in [0.25, 0.3) is 11.8 Å². The van der Waals surface area contributed by atoms with Crippen LogP contribution in [0.25, 0.3) is 0 Å². The van der Waals surface area contributed by atoms with E-state index in [2.05, 4.69) is 5.32 Å². The average Bonchev–Trinajstić information content (AvgIpc) is 2.86. The first kappa shape index (κ1) is 29.9. The molecule has 3 amide bonds. The lowest BCUT2D eigenvalue weighted by Gasteiger charge is -2.36. The van der Waals surface area contributed by atoms with Crippen LogP contribution in [0.4, 0.5) is 23.2 Å². The lowest BCUT2D eigenvalue weighted by atomic mass is 10.0. The van der Waals surface area contributed by atoms with Crippen molar-refractivity contribution < 1.29 is 41.4 Å². The molecule has 0 aliphatic carbocycles. The molecular weight excluding hydrogens is 522 g/mol. The zero-order valence-corrected chi connectivity index (χ0v) is 22.0. The number of benzene rings is 2. The molecule has 0 radical (unpaired) electrons. The summed E-state index contributed by atoms with van der Waals surface area (Å²) >= 11 is 0. The monoisotopic (exact) mass is 553 g/mol. The van der Waals surface area contributed by atoms with Crippen LogP contribution < -0.4 is 10.1 Å². The molecule has 212 valence electrons. The standard InChI is InChI=1S/C27H31F4N3O5/c1-16-13-34(26(37)19-7-5-6-8-21(19)28)17(2)15-39-22-11-18(32-24(35)12-27(29,30)31)9-10-20(22)25(36)33(3)14-23(16)38-4/h5-11,16-17,23H,12-15H2,1-4H3,(H,32,35)/t16-,17+,23+/m1/s1. The molecule has 39 heavy (non-hydrogen) atoms. The quantitative estimate of drug-likeness (QED) is 0.569. The number of halogens is 4. The lowest BCUT2D eigenvalue weighted by molar-refractivity contribution is -0.150. The summed E-state index contributed by atoms with van der Waals surface area (Å²) in [7, 11) is 3.05. The fourth-order valence-corrected chi connectivity index (χ4v) is 4.31. The minimum atomic E-state index is -4.69. The summed E-state index contributed by atoms with van der Waals surface area (Å²) in [4.78, 5) is 41.4. The number of hydrogen-bond acceptors (Lipinski definition) is 5. The number of nitrogens with zero attached hydrogens (tertiary/aromatic N) is 2. The first-order valence-electron chi connectivity index (χ1n) is 12.3. The van der Waals surface area contributed by atoms with Crippen LogP contribution in [-0.2, 0) is 9.53 Å². The number of amides is 3. The number of hydrogen-bond donors (Lipinski definition) is 1. The van der Waals surface area contributed by atoms with Crippen LogP contribution in [0, 0.1) is 11.7 Å². The second kappa shape index (κ2) is 12.5. The van der Waals surface area contributed by atoms with Crippen molar-refractivity contribution in [2.45, 2.75) is 38.6 Å². The van der Waals surface area contributed by atoms with Crippen molar-refractivity contribution in [1.29, 1.82) is 0 Å². The normalized spacial score (nSPS) is 20.8. The molecule has 0 spiro atoms. The molecule has 8 nitrogen and oxygen atoms in total. The van der Waals surface area contributed by atoms with Gasteiger partial charge < -0.3 is 24.6 Å². The van der Waals surface area contributed by atoms with E-state index in [1.165, 1.54) is 53.3 Å². The first-order valence-corrected chi connectivity index (χ1v) is 12.3. The maximum absolute atomic E-state index is 14.5. The van der Waals surface area contributed by atoms with E-state index in [0.717, 1.165) is 0 Å². The van der Waals surface area contributed by atoms with Gasteiger partial charge in [-0.1, -0.05) is 19.1 Å². The van der Waals surface area contributed by atoms with Gasteiger partial charge in [0.05, 0.1) is 23.3 Å². The van der Waals surface area contributed by atoms with E-state index in [1.54, 1.807) is 20.0 Å². The van der Waals surface area contributed by atoms with Crippen molar-refractivity contribution in [3.63, 3.8) is 0 Å². The molecule has 1 N–H and O–H groups in total. The maximum Gasteiger partial charge on any atom is 0.397 e. The lowest BCUT2D eigenvalue weighted by Crippen LogP contribution is -2.48. The van der Waals surface area contributed by atoms with Crippen molar-refractivity contribution in [2.75, 3.05) is 39.2 Å². The van der Waals surface area contributed by atoms with Crippen molar-refractivity contribution in [3.8, 4) is 5.75 Å². The second-order valence-corrected chi connectivity index (χ2v) is 9.59. The summed E-state index contributed by atoms with van der Waals surface area (Å²) in [6.07, 6.45) is -6.84. The molecule has 2 aromatic rings. The highest BCUT2D eigenvalue weighted by molar-refractivity contribution is 5.98. The Morgan fingerprint density at radius 1 is 1.13 bits per heavy atom. The van der Waals surface area contributed by atoms with E-state index in [0.29, 0.717) is 0 Å². The Morgan fingerprint density at radius 2 is 1.82 bits per heavy atom. The SMILES string of the molecule is CO[C@H]1CN(C)C(=O)c2ccc(NC(=O)CC(F)(F)F)cc2OC[C@H](C)N(C(=O)c2ccccc2F)C[C@H]1C. The number of fused-ring (bicyclic) bond motifs is 1. The number of nitrogens with one attached hydrogen (secondary N) is 1. The molecule has 0 aromatic heterocycles. The smallest absolute Gasteiger partial charge is 0.397 e. The van der Waals surface area contributed by atoms with Crippen LogP contribution in [0.15, 0.2) is 42.5 Å². The topological polar surface area (TPSA) is 88.2 Å². The molecule has 12 heteroatoms. The maximum atomic E-state index is 14.5. The van der Waals surface area contributed by atoms with Gasteiger partial charge in [-0.2, -0.15) is 13.2 Å². The highest BCUT2D eigenvalue weighted by atomic mass is 19.4. The molecule has 0 saturated heterocycles. The predicted molar refractivity (Wildman–Crippen MR) is 135 cm³/mol.